The Balaban J connectivity index is 1.55. The molecule has 0 fully saturated rings. The van der Waals surface area contributed by atoms with Gasteiger partial charge in [0.2, 0.25) is 0 Å². The minimum absolute atomic E-state index is 0.327. The molecule has 174 valence electrons. The Kier molecular flexibility index (Phi) is 6.78. The molecule has 0 radical (unpaired) electrons. The van der Waals surface area contributed by atoms with Gasteiger partial charge in [-0.05, 0) is 62.4 Å². The number of amidine groups is 1. The first kappa shape index (κ1) is 23.1. The van der Waals surface area contributed by atoms with Gasteiger partial charge < -0.3 is 10.1 Å². The van der Waals surface area contributed by atoms with Crippen LogP contribution in [0.4, 0.5) is 17.2 Å². The molecule has 0 unspecified atom stereocenters. The van der Waals surface area contributed by atoms with Crippen molar-refractivity contribution in [1.82, 2.24) is 19.6 Å². The first-order valence-corrected chi connectivity index (χ1v) is 10.5. The van der Waals surface area contributed by atoms with Crippen molar-refractivity contribution in [2.45, 2.75) is 13.8 Å². The van der Waals surface area contributed by atoms with Gasteiger partial charge in [0.15, 0.2) is 5.65 Å². The fourth-order valence-electron chi connectivity index (χ4n) is 3.30. The molecule has 0 bridgehead atoms. The zero-order valence-corrected chi connectivity index (χ0v) is 19.4. The number of anilines is 2. The molecule has 0 aliphatic carbocycles. The fourth-order valence-corrected chi connectivity index (χ4v) is 3.30. The summed E-state index contributed by atoms with van der Waals surface area (Å²) in [7, 11) is 1.65. The second-order valence-corrected chi connectivity index (χ2v) is 7.28. The second-order valence-electron chi connectivity index (χ2n) is 7.28. The number of pyridine rings is 2. The van der Waals surface area contributed by atoms with Crippen molar-refractivity contribution >= 4 is 41.3 Å². The molecule has 0 spiro atoms. The number of nitrogens with zero attached hydrogens (tertiary/aromatic N) is 6. The van der Waals surface area contributed by atoms with Crippen LogP contribution in [0.25, 0.3) is 5.65 Å². The SMILES string of the molecule is C=Nc1cnc(NC(=O)C#CC)cc1/C(=N\C)Nc1ccc(Oc2ccn3ncnc3c2)c(C)c1. The van der Waals surface area contributed by atoms with E-state index in [4.69, 9.17) is 4.74 Å². The number of aliphatic imine (C=N–C) groups is 2. The maximum absolute atomic E-state index is 11.8. The van der Waals surface area contributed by atoms with E-state index in [1.165, 1.54) is 12.5 Å². The molecule has 3 aromatic heterocycles. The average molecular weight is 467 g/mol. The van der Waals surface area contributed by atoms with E-state index in [0.717, 1.165) is 11.3 Å². The monoisotopic (exact) mass is 466 g/mol. The summed E-state index contributed by atoms with van der Waals surface area (Å²) in [5, 5.41) is 10.0. The molecular weight excluding hydrogens is 444 g/mol. The number of rotatable bonds is 6. The van der Waals surface area contributed by atoms with E-state index >= 15 is 0 Å². The highest BCUT2D eigenvalue weighted by Gasteiger charge is 2.13. The van der Waals surface area contributed by atoms with Crippen LogP contribution in [0.5, 0.6) is 11.5 Å². The standard InChI is InChI=1S/C25H22N8O2/c1-5-6-24(34)32-22-13-19(20(26-3)14-28-22)25(27-4)31-17-7-8-21(16(2)11-17)35-18-9-10-33-23(12-18)29-15-30-33/h7-15H,3H2,1-2,4H3,(H,27,31)(H,28,32,34). The molecule has 4 rings (SSSR count). The van der Waals surface area contributed by atoms with Gasteiger partial charge >= 0.3 is 5.91 Å². The van der Waals surface area contributed by atoms with E-state index in [0.29, 0.717) is 40.1 Å². The molecule has 3 heterocycles. The lowest BCUT2D eigenvalue weighted by atomic mass is 10.1. The van der Waals surface area contributed by atoms with Gasteiger partial charge in [-0.15, -0.1) is 0 Å². The smallest absolute Gasteiger partial charge is 0.301 e. The van der Waals surface area contributed by atoms with Gasteiger partial charge in [0.25, 0.3) is 0 Å². The minimum Gasteiger partial charge on any atom is -0.457 e. The Morgan fingerprint density at radius 1 is 1.17 bits per heavy atom. The van der Waals surface area contributed by atoms with Gasteiger partial charge in [-0.1, -0.05) is 5.92 Å². The van der Waals surface area contributed by atoms with Crippen LogP contribution in [0.1, 0.15) is 18.1 Å². The molecule has 0 saturated carbocycles. The first-order valence-electron chi connectivity index (χ1n) is 10.5. The molecule has 1 amide bonds. The molecule has 1 aromatic carbocycles. The summed E-state index contributed by atoms with van der Waals surface area (Å²) >= 11 is 0. The molecule has 0 aliphatic heterocycles. The number of aryl methyl sites for hydroxylation is 1. The maximum Gasteiger partial charge on any atom is 0.301 e. The topological polar surface area (TPSA) is 118 Å². The van der Waals surface area contributed by atoms with Crippen molar-refractivity contribution in [3.8, 4) is 23.3 Å². The highest BCUT2D eigenvalue weighted by Crippen LogP contribution is 2.29. The Labute approximate surface area is 201 Å². The number of nitrogens with one attached hydrogen (secondary N) is 2. The molecule has 0 saturated heterocycles. The summed E-state index contributed by atoms with van der Waals surface area (Å²) < 4.78 is 7.71. The van der Waals surface area contributed by atoms with E-state index in [1.54, 1.807) is 30.8 Å². The molecule has 10 heteroatoms. The van der Waals surface area contributed by atoms with Crippen molar-refractivity contribution < 1.29 is 9.53 Å². The Hall–Kier alpha value is -5.04. The first-order chi connectivity index (χ1) is 17.0. The fraction of sp³-hybridized carbons (Fsp3) is 0.120. The highest BCUT2D eigenvalue weighted by molar-refractivity contribution is 6.12. The van der Waals surface area contributed by atoms with Gasteiger partial charge in [0.1, 0.15) is 29.5 Å². The Morgan fingerprint density at radius 2 is 2.03 bits per heavy atom. The van der Waals surface area contributed by atoms with Gasteiger partial charge in [0, 0.05) is 30.6 Å². The zero-order chi connectivity index (χ0) is 24.8. The number of hydrogen-bond acceptors (Lipinski definition) is 7. The summed E-state index contributed by atoms with van der Waals surface area (Å²) in [5.74, 6) is 6.73. The predicted octanol–water partition coefficient (Wildman–Crippen LogP) is 4.01. The van der Waals surface area contributed by atoms with Crippen molar-refractivity contribution in [1.29, 1.82) is 0 Å². The van der Waals surface area contributed by atoms with Gasteiger partial charge in [0.05, 0.1) is 11.9 Å². The number of benzene rings is 1. The Bertz CT molecular complexity index is 1510. The number of ether oxygens (including phenoxy) is 1. The summed E-state index contributed by atoms with van der Waals surface area (Å²) in [6.45, 7) is 7.14. The lowest BCUT2D eigenvalue weighted by Gasteiger charge is -2.15. The summed E-state index contributed by atoms with van der Waals surface area (Å²) in [6, 6.07) is 11.0. The molecule has 0 aliphatic rings. The van der Waals surface area contributed by atoms with Crippen molar-refractivity contribution in [3.05, 3.63) is 66.2 Å². The quantitative estimate of drug-likeness (QED) is 0.252. The van der Waals surface area contributed by atoms with Crippen LogP contribution >= 0.6 is 0 Å². The number of hydrogen-bond donors (Lipinski definition) is 2. The highest BCUT2D eigenvalue weighted by atomic mass is 16.5. The van der Waals surface area contributed by atoms with Crippen LogP contribution in [0.3, 0.4) is 0 Å². The molecule has 35 heavy (non-hydrogen) atoms. The van der Waals surface area contributed by atoms with Crippen molar-refractivity contribution in [2.24, 2.45) is 9.98 Å². The Morgan fingerprint density at radius 3 is 2.77 bits per heavy atom. The normalized spacial score (nSPS) is 10.9. The number of carbonyl (C=O) groups is 1. The maximum atomic E-state index is 11.8. The third-order valence-electron chi connectivity index (χ3n) is 4.93. The van der Waals surface area contributed by atoms with Crippen LogP contribution < -0.4 is 15.4 Å². The lowest BCUT2D eigenvalue weighted by Crippen LogP contribution is -2.16. The summed E-state index contributed by atoms with van der Waals surface area (Å²) in [6.07, 6.45) is 4.79. The minimum atomic E-state index is -0.456. The number of carbonyl (C=O) groups excluding carboxylic acids is 1. The van der Waals surface area contributed by atoms with Crippen molar-refractivity contribution in [3.63, 3.8) is 0 Å². The summed E-state index contributed by atoms with van der Waals surface area (Å²) in [5.41, 5.74) is 3.53. The summed E-state index contributed by atoms with van der Waals surface area (Å²) in [4.78, 5) is 28.6. The predicted molar refractivity (Wildman–Crippen MR) is 136 cm³/mol. The molecular formula is C25H22N8O2. The zero-order valence-electron chi connectivity index (χ0n) is 19.4. The van der Waals surface area contributed by atoms with E-state index in [9.17, 15) is 4.79 Å². The van der Waals surface area contributed by atoms with Crippen LogP contribution in [0, 0.1) is 18.8 Å². The largest absolute Gasteiger partial charge is 0.457 e. The van der Waals surface area contributed by atoms with Crippen LogP contribution in [-0.4, -0.2) is 45.1 Å². The van der Waals surface area contributed by atoms with E-state index in [2.05, 4.69) is 54.2 Å². The molecule has 2 N–H and O–H groups in total. The number of amides is 1. The van der Waals surface area contributed by atoms with Gasteiger partial charge in [-0.25, -0.2) is 14.5 Å². The third-order valence-corrected chi connectivity index (χ3v) is 4.93. The van der Waals surface area contributed by atoms with E-state index < -0.39 is 5.91 Å². The number of fused-ring (bicyclic) bond motifs is 1. The van der Waals surface area contributed by atoms with Crippen LogP contribution in [-0.2, 0) is 4.79 Å². The van der Waals surface area contributed by atoms with Gasteiger partial charge in [-0.2, -0.15) is 5.10 Å². The van der Waals surface area contributed by atoms with Gasteiger partial charge in [-0.3, -0.25) is 20.1 Å². The molecule has 0 atom stereocenters. The lowest BCUT2D eigenvalue weighted by molar-refractivity contribution is -0.111. The molecule has 4 aromatic rings. The average Bonchev–Trinajstić information content (AvgIpc) is 3.32. The van der Waals surface area contributed by atoms with Crippen molar-refractivity contribution in [2.75, 3.05) is 17.7 Å². The third kappa shape index (κ3) is 5.31. The number of aromatic nitrogens is 4. The van der Waals surface area contributed by atoms with Crippen LogP contribution in [0.15, 0.2) is 65.1 Å². The second kappa shape index (κ2) is 10.3. The van der Waals surface area contributed by atoms with E-state index in [1.807, 2.05) is 37.3 Å². The molecule has 10 nitrogen and oxygen atoms in total. The van der Waals surface area contributed by atoms with Crippen LogP contribution in [0.2, 0.25) is 0 Å². The van der Waals surface area contributed by atoms with E-state index in [-0.39, 0.29) is 0 Å².